The van der Waals surface area contributed by atoms with Gasteiger partial charge in [-0.25, -0.2) is 0 Å². The number of piperidine rings is 1. The zero-order valence-electron chi connectivity index (χ0n) is 17.8. The molecule has 0 unspecified atom stereocenters. The number of nitrogens with one attached hydrogen (secondary N) is 1. The fourth-order valence-corrected chi connectivity index (χ4v) is 4.63. The molecule has 7 heteroatoms. The van der Waals surface area contributed by atoms with Crippen LogP contribution in [0.2, 0.25) is 0 Å². The molecule has 31 heavy (non-hydrogen) atoms. The monoisotopic (exact) mass is 436 g/mol. The van der Waals surface area contributed by atoms with Gasteiger partial charge in [0.1, 0.15) is 0 Å². The quantitative estimate of drug-likeness (QED) is 0.521. The first kappa shape index (κ1) is 21.6. The second kappa shape index (κ2) is 10.6. The molecule has 3 aromatic rings. The zero-order valence-corrected chi connectivity index (χ0v) is 18.7. The van der Waals surface area contributed by atoms with Gasteiger partial charge in [0.2, 0.25) is 5.89 Å². The first-order valence-corrected chi connectivity index (χ1v) is 11.8. The van der Waals surface area contributed by atoms with E-state index in [-0.39, 0.29) is 5.91 Å². The number of carbonyl (C=O) groups is 1. The molecule has 1 saturated heterocycles. The number of hydrogen-bond acceptors (Lipinski definition) is 6. The van der Waals surface area contributed by atoms with Crippen LogP contribution in [0, 0.1) is 6.92 Å². The molecule has 0 atom stereocenters. The van der Waals surface area contributed by atoms with Crippen molar-refractivity contribution >= 4 is 17.7 Å². The number of likely N-dealkylation sites (tertiary alicyclic amines) is 1. The zero-order chi connectivity index (χ0) is 21.5. The summed E-state index contributed by atoms with van der Waals surface area (Å²) in [6.07, 6.45) is 3.96. The van der Waals surface area contributed by atoms with Gasteiger partial charge in [-0.1, -0.05) is 48.0 Å². The Labute approximate surface area is 187 Å². The maximum absolute atomic E-state index is 12.8. The Kier molecular flexibility index (Phi) is 7.38. The average Bonchev–Trinajstić information content (AvgIpc) is 3.23. The van der Waals surface area contributed by atoms with E-state index in [0.717, 1.165) is 17.0 Å². The Morgan fingerprint density at radius 1 is 1.06 bits per heavy atom. The first-order chi connectivity index (χ1) is 15.2. The molecule has 0 radical (unpaired) electrons. The topological polar surface area (TPSA) is 71.3 Å². The normalized spacial score (nSPS) is 14.5. The molecule has 2 heterocycles. The van der Waals surface area contributed by atoms with E-state index >= 15 is 0 Å². The number of aryl methyl sites for hydroxylation is 1. The molecule has 0 spiro atoms. The molecule has 4 rings (SSSR count). The van der Waals surface area contributed by atoms with Gasteiger partial charge in [-0.2, -0.15) is 4.98 Å². The molecule has 1 fully saturated rings. The minimum atomic E-state index is -0.0789. The predicted molar refractivity (Wildman–Crippen MR) is 122 cm³/mol. The van der Waals surface area contributed by atoms with Gasteiger partial charge in [0.15, 0.2) is 5.82 Å². The second-order valence-corrected chi connectivity index (χ2v) is 8.87. The molecule has 0 saturated carbocycles. The Hall–Kier alpha value is -2.64. The fraction of sp³-hybridized carbons (Fsp3) is 0.375. The van der Waals surface area contributed by atoms with Crippen LogP contribution < -0.4 is 5.32 Å². The van der Waals surface area contributed by atoms with Gasteiger partial charge in [-0.15, -0.1) is 11.8 Å². The van der Waals surface area contributed by atoms with Gasteiger partial charge >= 0.3 is 0 Å². The summed E-state index contributed by atoms with van der Waals surface area (Å²) in [6, 6.07) is 16.2. The highest BCUT2D eigenvalue weighted by atomic mass is 32.2. The Morgan fingerprint density at radius 2 is 1.81 bits per heavy atom. The van der Waals surface area contributed by atoms with E-state index in [1.807, 2.05) is 24.3 Å². The van der Waals surface area contributed by atoms with Gasteiger partial charge in [0.25, 0.3) is 5.91 Å². The summed E-state index contributed by atoms with van der Waals surface area (Å²) < 4.78 is 5.01. The summed E-state index contributed by atoms with van der Waals surface area (Å²) in [5.41, 5.74) is 3.09. The first-order valence-electron chi connectivity index (χ1n) is 10.8. The number of aromatic nitrogens is 2. The average molecular weight is 437 g/mol. The van der Waals surface area contributed by atoms with Gasteiger partial charge in [0.05, 0.1) is 11.3 Å². The van der Waals surface area contributed by atoms with Crippen molar-refractivity contribution in [3.05, 3.63) is 76.9 Å². The summed E-state index contributed by atoms with van der Waals surface area (Å²) in [4.78, 5) is 20.4. The van der Waals surface area contributed by atoms with Crippen LogP contribution in [-0.4, -0.2) is 34.0 Å². The van der Waals surface area contributed by atoms with Crippen molar-refractivity contribution in [3.8, 4) is 0 Å². The van der Waals surface area contributed by atoms with Crippen LogP contribution in [0.3, 0.4) is 0 Å². The third-order valence-electron chi connectivity index (χ3n) is 5.39. The van der Waals surface area contributed by atoms with Crippen molar-refractivity contribution in [2.75, 3.05) is 13.1 Å². The third-order valence-corrected chi connectivity index (χ3v) is 6.46. The molecule has 1 N–H and O–H groups in total. The second-order valence-electron chi connectivity index (χ2n) is 7.85. The van der Waals surface area contributed by atoms with Crippen LogP contribution in [0.4, 0.5) is 0 Å². The number of benzene rings is 2. The summed E-state index contributed by atoms with van der Waals surface area (Å²) >= 11 is 1.53. The van der Waals surface area contributed by atoms with E-state index in [2.05, 4.69) is 44.6 Å². The summed E-state index contributed by atoms with van der Waals surface area (Å²) in [6.45, 7) is 5.68. The molecule has 162 valence electrons. The van der Waals surface area contributed by atoms with E-state index in [1.165, 1.54) is 49.7 Å². The minimum absolute atomic E-state index is 0.0789. The highest BCUT2D eigenvalue weighted by molar-refractivity contribution is 7.98. The van der Waals surface area contributed by atoms with Gasteiger partial charge in [-0.3, -0.25) is 9.69 Å². The Bertz CT molecular complexity index is 997. The number of hydrogen-bond donors (Lipinski definition) is 1. The smallest absolute Gasteiger partial charge is 0.252 e. The SMILES string of the molecule is Cc1nc(CSc2ccccc2C(=O)NCc2ccc(CN3CCCCC3)cc2)no1. The summed E-state index contributed by atoms with van der Waals surface area (Å²) in [5, 5.41) is 6.96. The van der Waals surface area contributed by atoms with E-state index < -0.39 is 0 Å². The van der Waals surface area contributed by atoms with Crippen LogP contribution in [0.15, 0.2) is 57.9 Å². The molecular weight excluding hydrogens is 408 g/mol. The predicted octanol–water partition coefficient (Wildman–Crippen LogP) is 4.59. The molecule has 6 nitrogen and oxygen atoms in total. The van der Waals surface area contributed by atoms with Crippen LogP contribution in [0.1, 0.15) is 52.5 Å². The van der Waals surface area contributed by atoms with Crippen LogP contribution in [0.5, 0.6) is 0 Å². The maximum Gasteiger partial charge on any atom is 0.252 e. The van der Waals surface area contributed by atoms with Crippen molar-refractivity contribution in [1.29, 1.82) is 0 Å². The van der Waals surface area contributed by atoms with Crippen LogP contribution in [0.25, 0.3) is 0 Å². The lowest BCUT2D eigenvalue weighted by Crippen LogP contribution is -2.29. The molecular formula is C24H28N4O2S. The van der Waals surface area contributed by atoms with E-state index in [0.29, 0.717) is 29.6 Å². The molecule has 2 aromatic carbocycles. The number of amides is 1. The van der Waals surface area contributed by atoms with Gasteiger partial charge in [0, 0.05) is 24.9 Å². The van der Waals surface area contributed by atoms with Crippen molar-refractivity contribution in [2.24, 2.45) is 0 Å². The van der Waals surface area contributed by atoms with E-state index in [9.17, 15) is 4.79 Å². The number of rotatable bonds is 8. The minimum Gasteiger partial charge on any atom is -0.348 e. The number of carbonyl (C=O) groups excluding carboxylic acids is 1. The molecule has 0 aliphatic carbocycles. The van der Waals surface area contributed by atoms with Crippen molar-refractivity contribution in [2.45, 2.75) is 49.9 Å². The van der Waals surface area contributed by atoms with E-state index in [1.54, 1.807) is 6.92 Å². The molecule has 1 aromatic heterocycles. The maximum atomic E-state index is 12.8. The molecule has 1 aliphatic rings. The molecule has 1 amide bonds. The molecule has 0 bridgehead atoms. The number of thioether (sulfide) groups is 1. The number of nitrogens with zero attached hydrogens (tertiary/aromatic N) is 3. The lowest BCUT2D eigenvalue weighted by atomic mass is 10.1. The third kappa shape index (κ3) is 6.18. The fourth-order valence-electron chi connectivity index (χ4n) is 3.74. The van der Waals surface area contributed by atoms with Gasteiger partial charge in [-0.05, 0) is 49.2 Å². The summed E-state index contributed by atoms with van der Waals surface area (Å²) in [7, 11) is 0. The Morgan fingerprint density at radius 3 is 2.55 bits per heavy atom. The highest BCUT2D eigenvalue weighted by Gasteiger charge is 2.13. The van der Waals surface area contributed by atoms with E-state index in [4.69, 9.17) is 4.52 Å². The van der Waals surface area contributed by atoms with Crippen LogP contribution in [-0.2, 0) is 18.8 Å². The van der Waals surface area contributed by atoms with Crippen LogP contribution >= 0.6 is 11.8 Å². The van der Waals surface area contributed by atoms with Crippen molar-refractivity contribution in [1.82, 2.24) is 20.4 Å². The summed E-state index contributed by atoms with van der Waals surface area (Å²) in [5.74, 6) is 1.65. The lowest BCUT2D eigenvalue weighted by molar-refractivity contribution is 0.0948. The lowest BCUT2D eigenvalue weighted by Gasteiger charge is -2.26. The highest BCUT2D eigenvalue weighted by Crippen LogP contribution is 2.25. The van der Waals surface area contributed by atoms with Gasteiger partial charge < -0.3 is 9.84 Å². The Balaban J connectivity index is 1.31. The standard InChI is InChI=1S/C24H28N4O2S/c1-18-26-23(27-30-18)17-31-22-8-4-3-7-21(22)24(29)25-15-19-9-11-20(12-10-19)16-28-13-5-2-6-14-28/h3-4,7-12H,2,5-6,13-17H2,1H3,(H,25,29). The van der Waals surface area contributed by atoms with Crippen molar-refractivity contribution < 1.29 is 9.32 Å². The largest absolute Gasteiger partial charge is 0.348 e. The van der Waals surface area contributed by atoms with Crippen molar-refractivity contribution in [3.63, 3.8) is 0 Å². The molecule has 1 aliphatic heterocycles.